The van der Waals surface area contributed by atoms with Crippen molar-refractivity contribution in [3.63, 3.8) is 0 Å². The highest BCUT2D eigenvalue weighted by atomic mass is 35.5. The molecule has 0 heterocycles. The predicted molar refractivity (Wildman–Crippen MR) is 147 cm³/mol. The minimum Gasteiger partial charge on any atom is -0.493 e. The second kappa shape index (κ2) is 12.9. The molecule has 0 aromatic heterocycles. The first-order chi connectivity index (χ1) is 18.6. The number of sulfone groups is 1. The van der Waals surface area contributed by atoms with Gasteiger partial charge in [-0.05, 0) is 29.7 Å². The molecule has 0 bridgehead atoms. The SMILES string of the molecule is CC(C)(CN(CCCOc1cc(F)c(CO)c(S(C)(=O)=O)c1)Cc1cccc(C(F)(F)F)c1Cl)c1ccccc1. The third kappa shape index (κ3) is 8.19. The second-order valence-electron chi connectivity index (χ2n) is 10.3. The summed E-state index contributed by atoms with van der Waals surface area (Å²) >= 11 is 6.18. The van der Waals surface area contributed by atoms with Crippen molar-refractivity contribution in [3.05, 3.63) is 93.8 Å². The molecule has 218 valence electrons. The number of rotatable bonds is 12. The summed E-state index contributed by atoms with van der Waals surface area (Å²) in [7, 11) is -3.81. The minimum absolute atomic E-state index is 0.00721. The zero-order chi connectivity index (χ0) is 29.7. The van der Waals surface area contributed by atoms with E-state index in [2.05, 4.69) is 0 Å². The molecule has 3 aromatic rings. The highest BCUT2D eigenvalue weighted by Crippen LogP contribution is 2.37. The van der Waals surface area contributed by atoms with Gasteiger partial charge in [-0.1, -0.05) is 67.9 Å². The minimum atomic E-state index is -4.58. The lowest BCUT2D eigenvalue weighted by Crippen LogP contribution is -2.37. The largest absolute Gasteiger partial charge is 0.493 e. The lowest BCUT2D eigenvalue weighted by molar-refractivity contribution is -0.137. The summed E-state index contributed by atoms with van der Waals surface area (Å²) in [6.45, 7) is 4.42. The van der Waals surface area contributed by atoms with E-state index in [9.17, 15) is 31.1 Å². The maximum Gasteiger partial charge on any atom is 0.417 e. The normalized spacial score (nSPS) is 12.7. The number of ether oxygens (including phenoxy) is 1. The van der Waals surface area contributed by atoms with Gasteiger partial charge in [-0.25, -0.2) is 12.8 Å². The molecule has 11 heteroatoms. The molecule has 0 spiro atoms. The Labute approximate surface area is 237 Å². The Morgan fingerprint density at radius 2 is 1.70 bits per heavy atom. The second-order valence-corrected chi connectivity index (χ2v) is 12.6. The molecule has 1 N–H and O–H groups in total. The fourth-order valence-electron chi connectivity index (χ4n) is 4.55. The molecule has 3 rings (SSSR count). The van der Waals surface area contributed by atoms with Crippen molar-refractivity contribution in [2.75, 3.05) is 26.0 Å². The van der Waals surface area contributed by atoms with E-state index in [4.69, 9.17) is 16.3 Å². The summed E-state index contributed by atoms with van der Waals surface area (Å²) in [5.41, 5.74) is -0.196. The van der Waals surface area contributed by atoms with Gasteiger partial charge in [0.15, 0.2) is 9.84 Å². The molecular weight excluding hydrogens is 570 g/mol. The Balaban J connectivity index is 1.79. The van der Waals surface area contributed by atoms with E-state index in [1.165, 1.54) is 12.1 Å². The van der Waals surface area contributed by atoms with E-state index in [0.717, 1.165) is 24.0 Å². The maximum atomic E-state index is 14.4. The van der Waals surface area contributed by atoms with Crippen LogP contribution in [0, 0.1) is 5.82 Å². The monoisotopic (exact) mass is 601 g/mol. The number of aliphatic hydroxyl groups excluding tert-OH is 1. The summed E-state index contributed by atoms with van der Waals surface area (Å²) < 4.78 is 84.5. The van der Waals surface area contributed by atoms with Crippen LogP contribution >= 0.6 is 11.6 Å². The lowest BCUT2D eigenvalue weighted by Gasteiger charge is -2.33. The van der Waals surface area contributed by atoms with Gasteiger partial charge in [-0.2, -0.15) is 13.2 Å². The van der Waals surface area contributed by atoms with E-state index in [1.807, 2.05) is 49.1 Å². The maximum absolute atomic E-state index is 14.4. The van der Waals surface area contributed by atoms with Crippen LogP contribution in [0.5, 0.6) is 5.75 Å². The molecule has 0 aliphatic rings. The molecule has 0 atom stereocenters. The third-order valence-electron chi connectivity index (χ3n) is 6.53. The zero-order valence-corrected chi connectivity index (χ0v) is 24.0. The highest BCUT2D eigenvalue weighted by molar-refractivity contribution is 7.90. The van der Waals surface area contributed by atoms with E-state index in [-0.39, 0.29) is 39.8 Å². The van der Waals surface area contributed by atoms with Gasteiger partial charge in [0, 0.05) is 42.9 Å². The van der Waals surface area contributed by atoms with Gasteiger partial charge in [-0.15, -0.1) is 0 Å². The number of benzene rings is 3. The Morgan fingerprint density at radius 3 is 2.30 bits per heavy atom. The van der Waals surface area contributed by atoms with E-state index in [1.54, 1.807) is 6.07 Å². The first kappa shape index (κ1) is 31.9. The van der Waals surface area contributed by atoms with Crippen molar-refractivity contribution >= 4 is 21.4 Å². The molecule has 3 aromatic carbocycles. The van der Waals surface area contributed by atoms with Crippen LogP contribution in [0.1, 0.15) is 42.5 Å². The number of hydrogen-bond donors (Lipinski definition) is 1. The summed E-state index contributed by atoms with van der Waals surface area (Å²) in [6.07, 6.45) is -3.27. The topological polar surface area (TPSA) is 66.8 Å². The summed E-state index contributed by atoms with van der Waals surface area (Å²) in [5.74, 6) is -0.905. The van der Waals surface area contributed by atoms with Crippen molar-refractivity contribution in [1.29, 1.82) is 0 Å². The fraction of sp³-hybridized carbons (Fsp3) is 0.379. The van der Waals surface area contributed by atoms with Gasteiger partial charge < -0.3 is 9.84 Å². The molecule has 0 saturated carbocycles. The average Bonchev–Trinajstić information content (AvgIpc) is 2.86. The molecule has 0 radical (unpaired) electrons. The Kier molecular flexibility index (Phi) is 10.3. The Hall–Kier alpha value is -2.66. The standard InChI is InChI=1S/C29H32ClF4NO4S/c1-28(2,21-10-5-4-6-11-21)19-35(17-20-9-7-12-24(27(20)30)29(32,33)34)13-8-14-39-22-15-25(31)23(18-36)26(16-22)40(3,37)38/h4-7,9-12,15-16,36H,8,13-14,17-19H2,1-3H3. The van der Waals surface area contributed by atoms with Crippen LogP contribution in [-0.2, 0) is 34.6 Å². The summed E-state index contributed by atoms with van der Waals surface area (Å²) in [4.78, 5) is 1.63. The van der Waals surface area contributed by atoms with Crippen LogP contribution in [0.2, 0.25) is 5.02 Å². The van der Waals surface area contributed by atoms with E-state index >= 15 is 0 Å². The van der Waals surface area contributed by atoms with Gasteiger partial charge in [0.25, 0.3) is 0 Å². The highest BCUT2D eigenvalue weighted by Gasteiger charge is 2.34. The number of hydrogen-bond acceptors (Lipinski definition) is 5. The van der Waals surface area contributed by atoms with Crippen LogP contribution in [0.25, 0.3) is 0 Å². The molecule has 40 heavy (non-hydrogen) atoms. The van der Waals surface area contributed by atoms with Gasteiger partial charge >= 0.3 is 6.18 Å². The van der Waals surface area contributed by atoms with Crippen LogP contribution in [0.4, 0.5) is 17.6 Å². The molecule has 5 nitrogen and oxygen atoms in total. The van der Waals surface area contributed by atoms with Gasteiger partial charge in [0.05, 0.1) is 28.7 Å². The Morgan fingerprint density at radius 1 is 1.02 bits per heavy atom. The first-order valence-electron chi connectivity index (χ1n) is 12.5. The molecule has 0 saturated heterocycles. The smallest absolute Gasteiger partial charge is 0.417 e. The van der Waals surface area contributed by atoms with Gasteiger partial charge in [0.2, 0.25) is 0 Å². The van der Waals surface area contributed by atoms with Gasteiger partial charge in [0.1, 0.15) is 11.6 Å². The predicted octanol–water partition coefficient (Wildman–Crippen LogP) is 6.64. The van der Waals surface area contributed by atoms with Crippen molar-refractivity contribution < 1.29 is 35.8 Å². The molecule has 0 amide bonds. The molecule has 0 aliphatic heterocycles. The summed E-state index contributed by atoms with van der Waals surface area (Å²) in [6, 6.07) is 15.8. The average molecular weight is 602 g/mol. The van der Waals surface area contributed by atoms with E-state index in [0.29, 0.717) is 25.1 Å². The van der Waals surface area contributed by atoms with Crippen LogP contribution in [-0.4, -0.2) is 44.4 Å². The number of aliphatic hydroxyl groups is 1. The Bertz CT molecular complexity index is 1410. The van der Waals surface area contributed by atoms with E-state index < -0.39 is 34.0 Å². The fourth-order valence-corrected chi connectivity index (χ4v) is 5.78. The molecule has 0 fully saturated rings. The van der Waals surface area contributed by atoms with Crippen LogP contribution < -0.4 is 4.74 Å². The van der Waals surface area contributed by atoms with Crippen molar-refractivity contribution in [3.8, 4) is 5.75 Å². The van der Waals surface area contributed by atoms with Crippen molar-refractivity contribution in [1.82, 2.24) is 4.90 Å². The first-order valence-corrected chi connectivity index (χ1v) is 14.8. The summed E-state index contributed by atoms with van der Waals surface area (Å²) in [5, 5.41) is 9.04. The quantitative estimate of drug-likeness (QED) is 0.186. The molecule has 0 unspecified atom stereocenters. The lowest BCUT2D eigenvalue weighted by atomic mass is 9.84. The number of alkyl halides is 3. The number of halogens is 5. The molecule has 0 aliphatic carbocycles. The van der Waals surface area contributed by atoms with Crippen LogP contribution in [0.15, 0.2) is 65.6 Å². The van der Waals surface area contributed by atoms with Gasteiger partial charge in [-0.3, -0.25) is 4.90 Å². The van der Waals surface area contributed by atoms with Crippen molar-refractivity contribution in [2.45, 2.75) is 49.9 Å². The number of nitrogens with zero attached hydrogens (tertiary/aromatic N) is 1. The molecular formula is C29H32ClF4NO4S. The third-order valence-corrected chi connectivity index (χ3v) is 8.13. The van der Waals surface area contributed by atoms with Crippen LogP contribution in [0.3, 0.4) is 0 Å². The zero-order valence-electron chi connectivity index (χ0n) is 22.4. The van der Waals surface area contributed by atoms with Crippen molar-refractivity contribution in [2.24, 2.45) is 0 Å².